The van der Waals surface area contributed by atoms with Crippen LogP contribution in [0.3, 0.4) is 0 Å². The first-order valence-electron chi connectivity index (χ1n) is 10.8. The van der Waals surface area contributed by atoms with Crippen LogP contribution in [0.15, 0.2) is 42.7 Å². The smallest absolute Gasteiger partial charge is 0.407 e. The topological polar surface area (TPSA) is 107 Å². The molecule has 4 heterocycles. The number of carboxylic acid groups (broad SMARTS) is 1. The summed E-state index contributed by atoms with van der Waals surface area (Å²) in [6.07, 6.45) is 6.35. The summed E-state index contributed by atoms with van der Waals surface area (Å²) in [6, 6.07) is 10.3. The first kappa shape index (κ1) is 20.3. The highest BCUT2D eigenvalue weighted by molar-refractivity contribution is 5.74. The minimum absolute atomic E-state index is 0.101. The Hall–Kier alpha value is -3.62. The van der Waals surface area contributed by atoms with Gasteiger partial charge in [-0.1, -0.05) is 6.07 Å². The molecular weight excluding hydrogens is 408 g/mol. The fourth-order valence-corrected chi connectivity index (χ4v) is 5.11. The van der Waals surface area contributed by atoms with Crippen LogP contribution in [-0.2, 0) is 0 Å². The van der Waals surface area contributed by atoms with Gasteiger partial charge in [0, 0.05) is 42.5 Å². The van der Waals surface area contributed by atoms with E-state index in [9.17, 15) is 9.90 Å². The molecular formula is C23H26N6O3. The number of methoxy groups -OCH3 is 1. The molecule has 2 aliphatic rings. The number of hydrogen-bond donors (Lipinski definition) is 2. The zero-order valence-electron chi connectivity index (χ0n) is 18.1. The highest BCUT2D eigenvalue weighted by atomic mass is 16.5. The van der Waals surface area contributed by atoms with Crippen LogP contribution in [0.4, 0.5) is 10.6 Å². The molecule has 1 unspecified atom stereocenters. The lowest BCUT2D eigenvalue weighted by Crippen LogP contribution is -2.51. The lowest BCUT2D eigenvalue weighted by Gasteiger charge is -2.41. The monoisotopic (exact) mass is 434 g/mol. The molecule has 0 aliphatic carbocycles. The van der Waals surface area contributed by atoms with E-state index in [2.05, 4.69) is 25.3 Å². The number of aromatic nitrogens is 4. The number of benzene rings is 1. The molecule has 2 N–H and O–H groups in total. The summed E-state index contributed by atoms with van der Waals surface area (Å²) in [6.45, 7) is 0. The third-order valence-corrected chi connectivity index (χ3v) is 6.80. The van der Waals surface area contributed by atoms with E-state index < -0.39 is 6.09 Å². The Morgan fingerprint density at radius 2 is 1.94 bits per heavy atom. The predicted molar refractivity (Wildman–Crippen MR) is 120 cm³/mol. The van der Waals surface area contributed by atoms with Crippen LogP contribution in [0.5, 0.6) is 5.75 Å². The summed E-state index contributed by atoms with van der Waals surface area (Å²) in [4.78, 5) is 15.3. The molecule has 9 nitrogen and oxygen atoms in total. The maximum absolute atomic E-state index is 11.5. The summed E-state index contributed by atoms with van der Waals surface area (Å²) in [5, 5.41) is 25.3. The van der Waals surface area contributed by atoms with Crippen LogP contribution in [0.1, 0.15) is 25.7 Å². The highest BCUT2D eigenvalue weighted by Gasteiger charge is 2.44. The number of rotatable bonds is 5. The summed E-state index contributed by atoms with van der Waals surface area (Å²) >= 11 is 0. The van der Waals surface area contributed by atoms with E-state index in [1.165, 1.54) is 0 Å². The van der Waals surface area contributed by atoms with Gasteiger partial charge < -0.3 is 19.6 Å². The Labute approximate surface area is 186 Å². The van der Waals surface area contributed by atoms with E-state index >= 15 is 0 Å². The van der Waals surface area contributed by atoms with Crippen LogP contribution in [-0.4, -0.2) is 68.8 Å². The fraction of sp³-hybridized carbons (Fsp3) is 0.391. The first-order valence-corrected chi connectivity index (χ1v) is 10.8. The minimum Gasteiger partial charge on any atom is -0.496 e. The van der Waals surface area contributed by atoms with Crippen molar-refractivity contribution in [2.24, 2.45) is 0 Å². The molecule has 2 saturated heterocycles. The fourth-order valence-electron chi connectivity index (χ4n) is 5.11. The lowest BCUT2D eigenvalue weighted by molar-refractivity contribution is 0.0965. The molecule has 0 saturated carbocycles. The maximum atomic E-state index is 11.5. The highest BCUT2D eigenvalue weighted by Crippen LogP contribution is 2.38. The van der Waals surface area contributed by atoms with Gasteiger partial charge in [0.2, 0.25) is 0 Å². The van der Waals surface area contributed by atoms with Crippen molar-refractivity contribution >= 4 is 11.9 Å². The zero-order chi connectivity index (χ0) is 22.2. The van der Waals surface area contributed by atoms with Gasteiger partial charge in [-0.15, -0.1) is 10.2 Å². The van der Waals surface area contributed by atoms with Gasteiger partial charge in [0.1, 0.15) is 5.75 Å². The van der Waals surface area contributed by atoms with Crippen molar-refractivity contribution in [2.45, 2.75) is 43.8 Å². The van der Waals surface area contributed by atoms with Gasteiger partial charge in [0.15, 0.2) is 5.82 Å². The zero-order valence-corrected chi connectivity index (χ0v) is 18.1. The second kappa shape index (κ2) is 8.14. The number of piperidine rings is 1. The van der Waals surface area contributed by atoms with Gasteiger partial charge in [-0.2, -0.15) is 5.10 Å². The molecule has 2 bridgehead atoms. The number of aromatic amines is 1. The molecule has 2 aromatic heterocycles. The third kappa shape index (κ3) is 3.53. The SMILES string of the molecule is COc1cc(-c2cn[nH]c2)ccc1-c1ccc(N(C)C2C[C@H]3CC[C@@H](C2)N3C(=O)O)nn1. The van der Waals surface area contributed by atoms with E-state index in [4.69, 9.17) is 4.74 Å². The molecule has 166 valence electrons. The normalized spacial score (nSPS) is 22.1. The van der Waals surface area contributed by atoms with Crippen LogP contribution in [0, 0.1) is 0 Å². The van der Waals surface area contributed by atoms with E-state index in [0.29, 0.717) is 0 Å². The summed E-state index contributed by atoms with van der Waals surface area (Å²) < 4.78 is 5.61. The lowest BCUT2D eigenvalue weighted by atomic mass is 9.96. The number of ether oxygens (including phenoxy) is 1. The molecule has 9 heteroatoms. The van der Waals surface area contributed by atoms with E-state index in [1.807, 2.05) is 43.6 Å². The molecule has 3 aromatic rings. The number of amides is 1. The van der Waals surface area contributed by atoms with Crippen LogP contribution in [0.25, 0.3) is 22.4 Å². The van der Waals surface area contributed by atoms with Crippen LogP contribution < -0.4 is 9.64 Å². The number of carbonyl (C=O) groups is 1. The number of anilines is 1. The van der Waals surface area contributed by atoms with Gasteiger partial charge in [0.05, 0.1) is 19.0 Å². The van der Waals surface area contributed by atoms with Crippen molar-refractivity contribution in [3.63, 3.8) is 0 Å². The van der Waals surface area contributed by atoms with Gasteiger partial charge in [-0.25, -0.2) is 4.79 Å². The molecule has 5 rings (SSSR count). The second-order valence-corrected chi connectivity index (χ2v) is 8.49. The number of nitrogens with zero attached hydrogens (tertiary/aromatic N) is 5. The van der Waals surface area contributed by atoms with Gasteiger partial charge in [0.25, 0.3) is 0 Å². The minimum atomic E-state index is -0.796. The number of hydrogen-bond acceptors (Lipinski definition) is 6. The third-order valence-electron chi connectivity index (χ3n) is 6.80. The maximum Gasteiger partial charge on any atom is 0.407 e. The first-order chi connectivity index (χ1) is 15.5. The average Bonchev–Trinajstić information content (AvgIpc) is 3.45. The van der Waals surface area contributed by atoms with Crippen LogP contribution >= 0.6 is 0 Å². The molecule has 32 heavy (non-hydrogen) atoms. The molecule has 2 fully saturated rings. The Kier molecular flexibility index (Phi) is 5.16. The Balaban J connectivity index is 1.34. The summed E-state index contributed by atoms with van der Waals surface area (Å²) in [5.41, 5.74) is 3.60. The summed E-state index contributed by atoms with van der Waals surface area (Å²) in [5.74, 6) is 1.51. The van der Waals surface area contributed by atoms with Crippen molar-refractivity contribution < 1.29 is 14.6 Å². The number of H-pyrrole nitrogens is 1. The molecule has 2 aliphatic heterocycles. The van der Waals surface area contributed by atoms with Crippen LogP contribution in [0.2, 0.25) is 0 Å². The molecule has 3 atom stereocenters. The van der Waals surface area contributed by atoms with Gasteiger partial charge in [-0.05, 0) is 55.5 Å². The van der Waals surface area contributed by atoms with Crippen molar-refractivity contribution in [3.8, 4) is 28.1 Å². The molecule has 0 radical (unpaired) electrons. The van der Waals surface area contributed by atoms with Crippen molar-refractivity contribution in [3.05, 3.63) is 42.7 Å². The van der Waals surface area contributed by atoms with Gasteiger partial charge >= 0.3 is 6.09 Å². The largest absolute Gasteiger partial charge is 0.496 e. The second-order valence-electron chi connectivity index (χ2n) is 8.49. The Morgan fingerprint density at radius 3 is 2.53 bits per heavy atom. The average molecular weight is 435 g/mol. The van der Waals surface area contributed by atoms with Crippen molar-refractivity contribution in [1.29, 1.82) is 0 Å². The molecule has 1 aromatic carbocycles. The summed E-state index contributed by atoms with van der Waals surface area (Å²) in [7, 11) is 3.66. The molecule has 0 spiro atoms. The predicted octanol–water partition coefficient (Wildman–Crippen LogP) is 3.65. The van der Waals surface area contributed by atoms with Crippen molar-refractivity contribution in [2.75, 3.05) is 19.1 Å². The van der Waals surface area contributed by atoms with E-state index in [1.54, 1.807) is 18.2 Å². The standard InChI is InChI=1S/C23H26N6O3/c1-28(18-10-16-4-5-17(11-18)29(16)23(30)31)22-8-7-20(26-27-22)19-6-3-14(9-21(19)32-2)15-12-24-25-13-15/h3,6-9,12-13,16-18H,4-5,10-11H2,1-2H3,(H,24,25)(H,30,31)/t16-,17+,18?. The van der Waals surface area contributed by atoms with E-state index in [0.717, 1.165) is 59.6 Å². The van der Waals surface area contributed by atoms with Gasteiger partial charge in [-0.3, -0.25) is 5.10 Å². The van der Waals surface area contributed by atoms with E-state index in [-0.39, 0.29) is 18.1 Å². The number of nitrogens with one attached hydrogen (secondary N) is 1. The quantitative estimate of drug-likeness (QED) is 0.631. The Bertz CT molecular complexity index is 1090. The Morgan fingerprint density at radius 1 is 1.16 bits per heavy atom. The molecule has 1 amide bonds. The van der Waals surface area contributed by atoms with Crippen molar-refractivity contribution in [1.82, 2.24) is 25.3 Å². The number of fused-ring (bicyclic) bond motifs is 2.